The lowest BCUT2D eigenvalue weighted by Crippen LogP contribution is -2.19. The number of hydrogen-bond donors (Lipinski definition) is 1. The molecule has 0 aliphatic heterocycles. The van der Waals surface area contributed by atoms with Crippen LogP contribution in [0.4, 0.5) is 18.9 Å². The molecule has 0 radical (unpaired) electrons. The molecule has 0 fully saturated rings. The molecule has 1 atom stereocenters. The summed E-state index contributed by atoms with van der Waals surface area (Å²) in [7, 11) is 0. The maximum Gasteiger partial charge on any atom is 0.150 e. The van der Waals surface area contributed by atoms with Gasteiger partial charge in [0, 0.05) is 10.5 Å². The minimum atomic E-state index is -0.650. The summed E-state index contributed by atoms with van der Waals surface area (Å²) < 4.78 is 40.5. The molecule has 0 heterocycles. The van der Waals surface area contributed by atoms with E-state index in [4.69, 9.17) is 0 Å². The van der Waals surface area contributed by atoms with Gasteiger partial charge in [0.1, 0.15) is 23.1 Å². The number of halogens is 4. The Hall–Kier alpha value is -1.49. The second kappa shape index (κ2) is 6.31. The Morgan fingerprint density at radius 2 is 1.60 bits per heavy atom. The van der Waals surface area contributed by atoms with Crippen LogP contribution in [0.5, 0.6) is 0 Å². The summed E-state index contributed by atoms with van der Waals surface area (Å²) in [5, 5.41) is 2.80. The quantitative estimate of drug-likeness (QED) is 0.831. The van der Waals surface area contributed by atoms with E-state index in [1.807, 2.05) is 6.92 Å². The van der Waals surface area contributed by atoms with Crippen molar-refractivity contribution < 1.29 is 13.2 Å². The van der Waals surface area contributed by atoms with Gasteiger partial charge in [0.15, 0.2) is 0 Å². The molecule has 2 aromatic rings. The summed E-state index contributed by atoms with van der Waals surface area (Å²) in [5.74, 6) is -1.61. The first-order chi connectivity index (χ1) is 9.45. The molecule has 0 saturated heterocycles. The Labute approximate surface area is 123 Å². The third kappa shape index (κ3) is 3.76. The van der Waals surface area contributed by atoms with Crippen LogP contribution >= 0.6 is 15.9 Å². The molecule has 0 aliphatic carbocycles. The first kappa shape index (κ1) is 14.9. The van der Waals surface area contributed by atoms with Crippen molar-refractivity contribution in [2.45, 2.75) is 19.4 Å². The van der Waals surface area contributed by atoms with E-state index in [0.29, 0.717) is 10.9 Å². The predicted molar refractivity (Wildman–Crippen MR) is 77.2 cm³/mol. The molecule has 0 aliphatic rings. The normalized spacial score (nSPS) is 12.2. The SMILES string of the molecule is CC(Cc1ccc(F)cc1)Nc1c(F)cc(Br)cc1F. The molecule has 5 heteroatoms. The number of nitrogens with one attached hydrogen (secondary N) is 1. The molecule has 0 amide bonds. The van der Waals surface area contributed by atoms with E-state index >= 15 is 0 Å². The molecule has 0 bridgehead atoms. The fourth-order valence-electron chi connectivity index (χ4n) is 1.95. The van der Waals surface area contributed by atoms with E-state index in [-0.39, 0.29) is 17.5 Å². The van der Waals surface area contributed by atoms with E-state index in [9.17, 15) is 13.2 Å². The molecule has 2 rings (SSSR count). The molecule has 1 nitrogen and oxygen atoms in total. The van der Waals surface area contributed by atoms with Gasteiger partial charge in [0.25, 0.3) is 0 Å². The van der Waals surface area contributed by atoms with Crippen molar-refractivity contribution >= 4 is 21.6 Å². The molecule has 1 unspecified atom stereocenters. The average Bonchev–Trinajstić information content (AvgIpc) is 2.36. The zero-order valence-corrected chi connectivity index (χ0v) is 12.3. The minimum Gasteiger partial charge on any atom is -0.378 e. The van der Waals surface area contributed by atoms with E-state index in [2.05, 4.69) is 21.2 Å². The van der Waals surface area contributed by atoms with E-state index < -0.39 is 11.6 Å². The van der Waals surface area contributed by atoms with E-state index in [0.717, 1.165) is 5.56 Å². The zero-order valence-electron chi connectivity index (χ0n) is 10.8. The van der Waals surface area contributed by atoms with Gasteiger partial charge in [-0.2, -0.15) is 0 Å². The molecule has 106 valence electrons. The van der Waals surface area contributed by atoms with Crippen LogP contribution in [-0.4, -0.2) is 6.04 Å². The van der Waals surface area contributed by atoms with Gasteiger partial charge in [-0.3, -0.25) is 0 Å². The number of hydrogen-bond acceptors (Lipinski definition) is 1. The van der Waals surface area contributed by atoms with Gasteiger partial charge in [-0.25, -0.2) is 13.2 Å². The van der Waals surface area contributed by atoms with Gasteiger partial charge in [0.2, 0.25) is 0 Å². The molecule has 20 heavy (non-hydrogen) atoms. The maximum atomic E-state index is 13.7. The lowest BCUT2D eigenvalue weighted by Gasteiger charge is -2.16. The Morgan fingerprint density at radius 1 is 1.05 bits per heavy atom. The Balaban J connectivity index is 2.08. The first-order valence-corrected chi connectivity index (χ1v) is 6.90. The van der Waals surface area contributed by atoms with Crippen LogP contribution in [0.2, 0.25) is 0 Å². The molecule has 0 saturated carbocycles. The van der Waals surface area contributed by atoms with Crippen LogP contribution in [0.25, 0.3) is 0 Å². The Morgan fingerprint density at radius 3 is 2.15 bits per heavy atom. The number of rotatable bonds is 4. The topological polar surface area (TPSA) is 12.0 Å². The van der Waals surface area contributed by atoms with Crippen molar-refractivity contribution in [3.05, 3.63) is 63.9 Å². The Bertz CT molecular complexity index is 576. The minimum absolute atomic E-state index is 0.150. The van der Waals surface area contributed by atoms with E-state index in [1.165, 1.54) is 24.3 Å². The van der Waals surface area contributed by atoms with Crippen molar-refractivity contribution in [1.82, 2.24) is 0 Å². The van der Waals surface area contributed by atoms with Gasteiger partial charge in [-0.05, 0) is 43.2 Å². The van der Waals surface area contributed by atoms with Crippen LogP contribution in [-0.2, 0) is 6.42 Å². The number of anilines is 1. The molecule has 1 N–H and O–H groups in total. The van der Waals surface area contributed by atoms with Crippen molar-refractivity contribution in [2.75, 3.05) is 5.32 Å². The molecule has 0 aromatic heterocycles. The lowest BCUT2D eigenvalue weighted by molar-refractivity contribution is 0.581. The summed E-state index contributed by atoms with van der Waals surface area (Å²) in [6.45, 7) is 1.81. The molecule has 2 aromatic carbocycles. The van der Waals surface area contributed by atoms with Crippen molar-refractivity contribution in [3.8, 4) is 0 Å². The second-order valence-corrected chi connectivity index (χ2v) is 5.54. The van der Waals surface area contributed by atoms with Crippen molar-refractivity contribution in [3.63, 3.8) is 0 Å². The fraction of sp³-hybridized carbons (Fsp3) is 0.200. The van der Waals surface area contributed by atoms with Crippen LogP contribution in [0.1, 0.15) is 12.5 Å². The first-order valence-electron chi connectivity index (χ1n) is 6.11. The third-order valence-electron chi connectivity index (χ3n) is 2.85. The summed E-state index contributed by atoms with van der Waals surface area (Å²) in [4.78, 5) is 0. The van der Waals surface area contributed by atoms with Crippen LogP contribution < -0.4 is 5.32 Å². The fourth-order valence-corrected chi connectivity index (χ4v) is 2.35. The summed E-state index contributed by atoms with van der Waals surface area (Å²) in [6, 6.07) is 8.26. The molecular formula is C15H13BrF3N. The summed E-state index contributed by atoms with van der Waals surface area (Å²) >= 11 is 3.03. The monoisotopic (exact) mass is 343 g/mol. The zero-order chi connectivity index (χ0) is 14.7. The standard InChI is InChI=1S/C15H13BrF3N/c1-9(6-10-2-4-12(17)5-3-10)20-15-13(18)7-11(16)8-14(15)19/h2-5,7-9,20H,6H2,1H3. The summed E-state index contributed by atoms with van der Waals surface area (Å²) in [6.07, 6.45) is 0.537. The van der Waals surface area contributed by atoms with Gasteiger partial charge in [-0.1, -0.05) is 28.1 Å². The Kier molecular flexibility index (Phi) is 4.70. The van der Waals surface area contributed by atoms with Gasteiger partial charge >= 0.3 is 0 Å². The highest BCUT2D eigenvalue weighted by molar-refractivity contribution is 9.10. The maximum absolute atomic E-state index is 13.7. The predicted octanol–water partition coefficient (Wildman–Crippen LogP) is 4.91. The molecular weight excluding hydrogens is 331 g/mol. The van der Waals surface area contributed by atoms with Gasteiger partial charge < -0.3 is 5.32 Å². The third-order valence-corrected chi connectivity index (χ3v) is 3.31. The van der Waals surface area contributed by atoms with Gasteiger partial charge in [0.05, 0.1) is 0 Å². The highest BCUT2D eigenvalue weighted by atomic mass is 79.9. The lowest BCUT2D eigenvalue weighted by atomic mass is 10.1. The second-order valence-electron chi connectivity index (χ2n) is 4.62. The largest absolute Gasteiger partial charge is 0.378 e. The number of benzene rings is 2. The highest BCUT2D eigenvalue weighted by Crippen LogP contribution is 2.24. The average molecular weight is 344 g/mol. The van der Waals surface area contributed by atoms with Crippen molar-refractivity contribution in [2.24, 2.45) is 0 Å². The smallest absolute Gasteiger partial charge is 0.150 e. The van der Waals surface area contributed by atoms with Crippen LogP contribution in [0.3, 0.4) is 0 Å². The van der Waals surface area contributed by atoms with Crippen LogP contribution in [0, 0.1) is 17.5 Å². The summed E-state index contributed by atoms with van der Waals surface area (Å²) in [5.41, 5.74) is 0.743. The van der Waals surface area contributed by atoms with E-state index in [1.54, 1.807) is 12.1 Å². The van der Waals surface area contributed by atoms with Crippen molar-refractivity contribution in [1.29, 1.82) is 0 Å². The highest BCUT2D eigenvalue weighted by Gasteiger charge is 2.13. The molecule has 0 spiro atoms. The van der Waals surface area contributed by atoms with Gasteiger partial charge in [-0.15, -0.1) is 0 Å². The van der Waals surface area contributed by atoms with Crippen LogP contribution in [0.15, 0.2) is 40.9 Å².